The van der Waals surface area contributed by atoms with E-state index < -0.39 is 0 Å². The third-order valence-corrected chi connectivity index (χ3v) is 4.87. The number of nitrogens with zero attached hydrogens (tertiary/aromatic N) is 2. The largest absolute Gasteiger partial charge is 0.349 e. The molecule has 22 heavy (non-hydrogen) atoms. The van der Waals surface area contributed by atoms with Crippen molar-refractivity contribution in [3.8, 4) is 5.69 Å². The molecule has 114 valence electrons. The molecule has 0 aliphatic rings. The van der Waals surface area contributed by atoms with Crippen LogP contribution in [0.3, 0.4) is 0 Å². The van der Waals surface area contributed by atoms with Crippen molar-refractivity contribution in [2.24, 2.45) is 0 Å². The first-order valence-corrected chi connectivity index (χ1v) is 8.27. The Hall–Kier alpha value is -2.14. The molecule has 0 saturated heterocycles. The summed E-state index contributed by atoms with van der Waals surface area (Å²) in [5.74, 6) is -0.00504. The predicted octanol–water partition coefficient (Wildman–Crippen LogP) is 3.92. The molecule has 0 saturated carbocycles. The average Bonchev–Trinajstić information content (AvgIpc) is 3.09. The SMILES string of the molecule is CC[C@@H](C)NC(=O)c1cc2c(C)nn(-c3ccccc3)c2s1. The number of rotatable bonds is 4. The van der Waals surface area contributed by atoms with Gasteiger partial charge >= 0.3 is 0 Å². The predicted molar refractivity (Wildman–Crippen MR) is 90.9 cm³/mol. The summed E-state index contributed by atoms with van der Waals surface area (Å²) in [6.07, 6.45) is 0.924. The summed E-state index contributed by atoms with van der Waals surface area (Å²) < 4.78 is 1.91. The van der Waals surface area contributed by atoms with Crippen molar-refractivity contribution in [3.05, 3.63) is 47.0 Å². The van der Waals surface area contributed by atoms with Gasteiger partial charge in [0.2, 0.25) is 0 Å². The molecule has 5 heteroatoms. The van der Waals surface area contributed by atoms with E-state index in [1.54, 1.807) is 0 Å². The van der Waals surface area contributed by atoms with Gasteiger partial charge in [0.25, 0.3) is 5.91 Å². The number of hydrogen-bond donors (Lipinski definition) is 1. The van der Waals surface area contributed by atoms with Gasteiger partial charge in [-0.15, -0.1) is 11.3 Å². The lowest BCUT2D eigenvalue weighted by Gasteiger charge is -2.09. The van der Waals surface area contributed by atoms with Gasteiger partial charge in [-0.25, -0.2) is 4.68 Å². The van der Waals surface area contributed by atoms with E-state index in [1.165, 1.54) is 11.3 Å². The lowest BCUT2D eigenvalue weighted by molar-refractivity contribution is 0.0943. The molecule has 0 spiro atoms. The number of carbonyl (C=O) groups is 1. The highest BCUT2D eigenvalue weighted by Crippen LogP contribution is 2.30. The fraction of sp³-hybridized carbons (Fsp3) is 0.294. The van der Waals surface area contributed by atoms with Crippen LogP contribution >= 0.6 is 11.3 Å². The van der Waals surface area contributed by atoms with E-state index in [0.29, 0.717) is 0 Å². The maximum absolute atomic E-state index is 12.3. The number of hydrogen-bond acceptors (Lipinski definition) is 3. The van der Waals surface area contributed by atoms with Crippen molar-refractivity contribution in [2.45, 2.75) is 33.2 Å². The van der Waals surface area contributed by atoms with Crippen LogP contribution < -0.4 is 5.32 Å². The number of benzene rings is 1. The minimum atomic E-state index is -0.00504. The quantitative estimate of drug-likeness (QED) is 0.793. The van der Waals surface area contributed by atoms with Gasteiger partial charge in [0.1, 0.15) is 4.83 Å². The highest BCUT2D eigenvalue weighted by molar-refractivity contribution is 7.20. The van der Waals surface area contributed by atoms with E-state index in [4.69, 9.17) is 0 Å². The maximum Gasteiger partial charge on any atom is 0.261 e. The van der Waals surface area contributed by atoms with Gasteiger partial charge in [-0.3, -0.25) is 4.79 Å². The molecule has 1 amide bonds. The zero-order valence-corrected chi connectivity index (χ0v) is 13.8. The second-order valence-electron chi connectivity index (χ2n) is 5.44. The number of fused-ring (bicyclic) bond motifs is 1. The Morgan fingerprint density at radius 2 is 2.09 bits per heavy atom. The summed E-state index contributed by atoms with van der Waals surface area (Å²) in [4.78, 5) is 14.1. The van der Waals surface area contributed by atoms with Crippen LogP contribution in [0.4, 0.5) is 0 Å². The van der Waals surface area contributed by atoms with Gasteiger partial charge in [0.05, 0.1) is 16.3 Å². The van der Waals surface area contributed by atoms with Crippen molar-refractivity contribution in [3.63, 3.8) is 0 Å². The molecule has 3 aromatic rings. The third kappa shape index (κ3) is 2.64. The van der Waals surface area contributed by atoms with Crippen LogP contribution in [0, 0.1) is 6.92 Å². The molecular formula is C17H19N3OS. The van der Waals surface area contributed by atoms with Crippen LogP contribution in [0.5, 0.6) is 0 Å². The Bertz CT molecular complexity index is 804. The molecule has 0 bridgehead atoms. The zero-order valence-electron chi connectivity index (χ0n) is 13.0. The van der Waals surface area contributed by atoms with Crippen molar-refractivity contribution in [1.82, 2.24) is 15.1 Å². The minimum Gasteiger partial charge on any atom is -0.349 e. The molecule has 1 N–H and O–H groups in total. The fourth-order valence-electron chi connectivity index (χ4n) is 2.30. The highest BCUT2D eigenvalue weighted by atomic mass is 32.1. The van der Waals surface area contributed by atoms with Crippen molar-refractivity contribution < 1.29 is 4.79 Å². The first kappa shape index (κ1) is 14.8. The summed E-state index contributed by atoms with van der Waals surface area (Å²) in [5, 5.41) is 8.65. The Morgan fingerprint density at radius 1 is 1.36 bits per heavy atom. The summed E-state index contributed by atoms with van der Waals surface area (Å²) in [6, 6.07) is 12.1. The molecule has 0 unspecified atom stereocenters. The lowest BCUT2D eigenvalue weighted by Crippen LogP contribution is -2.31. The molecule has 0 aliphatic heterocycles. The number of thiophene rings is 1. The summed E-state index contributed by atoms with van der Waals surface area (Å²) in [7, 11) is 0. The molecule has 0 fully saturated rings. The van der Waals surface area contributed by atoms with Gasteiger partial charge < -0.3 is 5.32 Å². The summed E-state index contributed by atoms with van der Waals surface area (Å²) >= 11 is 1.49. The summed E-state index contributed by atoms with van der Waals surface area (Å²) in [5.41, 5.74) is 1.95. The Kier molecular flexibility index (Phi) is 3.98. The van der Waals surface area contributed by atoms with Crippen LogP contribution in [0.1, 0.15) is 35.6 Å². The number of para-hydroxylation sites is 1. The topological polar surface area (TPSA) is 46.9 Å². The Labute approximate surface area is 133 Å². The van der Waals surface area contributed by atoms with Gasteiger partial charge in [-0.1, -0.05) is 25.1 Å². The molecule has 2 aromatic heterocycles. The molecule has 3 rings (SSSR count). The monoisotopic (exact) mass is 313 g/mol. The van der Waals surface area contributed by atoms with E-state index in [-0.39, 0.29) is 11.9 Å². The number of carbonyl (C=O) groups excluding carboxylic acids is 1. The second-order valence-corrected chi connectivity index (χ2v) is 6.48. The fourth-order valence-corrected chi connectivity index (χ4v) is 3.39. The smallest absolute Gasteiger partial charge is 0.261 e. The first-order valence-electron chi connectivity index (χ1n) is 7.45. The molecule has 1 atom stereocenters. The number of aromatic nitrogens is 2. The molecule has 0 radical (unpaired) electrons. The second kappa shape index (κ2) is 5.93. The Morgan fingerprint density at radius 3 is 2.77 bits per heavy atom. The van der Waals surface area contributed by atoms with E-state index in [9.17, 15) is 4.79 Å². The van der Waals surface area contributed by atoms with Crippen LogP contribution in [0.25, 0.3) is 15.9 Å². The minimum absolute atomic E-state index is 0.00504. The Balaban J connectivity index is 2.02. The number of amides is 1. The van der Waals surface area contributed by atoms with E-state index in [1.807, 2.05) is 54.9 Å². The summed E-state index contributed by atoms with van der Waals surface area (Å²) in [6.45, 7) is 6.06. The van der Waals surface area contributed by atoms with Crippen molar-refractivity contribution in [1.29, 1.82) is 0 Å². The van der Waals surface area contributed by atoms with Gasteiger partial charge in [-0.05, 0) is 38.5 Å². The van der Waals surface area contributed by atoms with E-state index in [2.05, 4.69) is 17.3 Å². The first-order chi connectivity index (χ1) is 10.6. The molecule has 2 heterocycles. The third-order valence-electron chi connectivity index (χ3n) is 3.76. The van der Waals surface area contributed by atoms with Gasteiger partial charge in [0.15, 0.2) is 0 Å². The van der Waals surface area contributed by atoms with Gasteiger partial charge in [-0.2, -0.15) is 5.10 Å². The van der Waals surface area contributed by atoms with Gasteiger partial charge in [0, 0.05) is 11.4 Å². The highest BCUT2D eigenvalue weighted by Gasteiger charge is 2.17. The average molecular weight is 313 g/mol. The van der Waals surface area contributed by atoms with Crippen molar-refractivity contribution >= 4 is 27.5 Å². The normalized spacial score (nSPS) is 12.5. The number of nitrogens with one attached hydrogen (secondary N) is 1. The van der Waals surface area contributed by atoms with Crippen LogP contribution in [0.2, 0.25) is 0 Å². The zero-order chi connectivity index (χ0) is 15.7. The lowest BCUT2D eigenvalue weighted by atomic mass is 10.2. The van der Waals surface area contributed by atoms with Crippen LogP contribution in [0.15, 0.2) is 36.4 Å². The van der Waals surface area contributed by atoms with Crippen LogP contribution in [-0.4, -0.2) is 21.7 Å². The molecule has 1 aromatic carbocycles. The molecule has 4 nitrogen and oxygen atoms in total. The van der Waals surface area contributed by atoms with Crippen LogP contribution in [-0.2, 0) is 0 Å². The van der Waals surface area contributed by atoms with E-state index >= 15 is 0 Å². The molecular weight excluding hydrogens is 294 g/mol. The van der Waals surface area contributed by atoms with E-state index in [0.717, 1.165) is 32.9 Å². The molecule has 0 aliphatic carbocycles. The maximum atomic E-state index is 12.3. The number of aryl methyl sites for hydroxylation is 1. The van der Waals surface area contributed by atoms with Crippen molar-refractivity contribution in [2.75, 3.05) is 0 Å². The standard InChI is InChI=1S/C17H19N3OS/c1-4-11(2)18-16(21)15-10-14-12(3)19-20(17(14)22-15)13-8-6-5-7-9-13/h5-11H,4H2,1-3H3,(H,18,21)/t11-/m1/s1.